The number of carbonyl (C=O) groups excluding carboxylic acids is 1. The van der Waals surface area contributed by atoms with Crippen LogP contribution < -0.4 is 4.90 Å². The standard InChI is InChI=1S/C30H30N6O/c1-4-34-29(37)26-28(36-19-25(20(2)3)32-30(34)36)35(18-21-11-7-5-8-12-21)27(33-26)23-15-16-24(31-17-23)22-13-9-6-10-14-22/h5-17,20,25H,4,18-19H2,1-3H3/t25-/m0/s1. The third-order valence-corrected chi connectivity index (χ3v) is 7.14. The van der Waals surface area contributed by atoms with Crippen LogP contribution >= 0.6 is 0 Å². The number of rotatable bonds is 6. The van der Waals surface area contributed by atoms with Gasteiger partial charge in [-0.15, -0.1) is 0 Å². The van der Waals surface area contributed by atoms with Gasteiger partial charge in [0.2, 0.25) is 5.96 Å². The molecule has 0 N–H and O–H groups in total. The molecule has 7 nitrogen and oxygen atoms in total. The van der Waals surface area contributed by atoms with Crippen LogP contribution in [0.5, 0.6) is 0 Å². The fourth-order valence-electron chi connectivity index (χ4n) is 5.09. The van der Waals surface area contributed by atoms with Crippen molar-refractivity contribution in [2.45, 2.75) is 33.4 Å². The van der Waals surface area contributed by atoms with Crippen LogP contribution in [0, 0.1) is 5.92 Å². The Labute approximate surface area is 217 Å². The number of hydrogen-bond donors (Lipinski definition) is 0. The average molecular weight is 491 g/mol. The average Bonchev–Trinajstić information content (AvgIpc) is 3.53. The molecule has 0 saturated heterocycles. The van der Waals surface area contributed by atoms with Gasteiger partial charge in [-0.05, 0) is 30.5 Å². The van der Waals surface area contributed by atoms with Crippen molar-refractivity contribution in [2.24, 2.45) is 10.9 Å². The van der Waals surface area contributed by atoms with Crippen molar-refractivity contribution in [3.63, 3.8) is 0 Å². The second kappa shape index (κ2) is 9.32. The molecule has 0 bridgehead atoms. The van der Waals surface area contributed by atoms with Gasteiger partial charge in [-0.3, -0.25) is 19.6 Å². The lowest BCUT2D eigenvalue weighted by Gasteiger charge is -2.33. The van der Waals surface area contributed by atoms with Crippen LogP contribution in [0.3, 0.4) is 0 Å². The monoisotopic (exact) mass is 490 g/mol. The Morgan fingerprint density at radius 2 is 1.68 bits per heavy atom. The Morgan fingerprint density at radius 3 is 2.32 bits per heavy atom. The summed E-state index contributed by atoms with van der Waals surface area (Å²) in [4.78, 5) is 32.3. The molecule has 186 valence electrons. The minimum Gasteiger partial charge on any atom is -0.305 e. The van der Waals surface area contributed by atoms with Crippen molar-refractivity contribution in [1.82, 2.24) is 19.4 Å². The molecular weight excluding hydrogens is 460 g/mol. The molecule has 2 aliphatic rings. The second-order valence-corrected chi connectivity index (χ2v) is 9.88. The van der Waals surface area contributed by atoms with Gasteiger partial charge >= 0.3 is 0 Å². The van der Waals surface area contributed by atoms with Crippen molar-refractivity contribution in [3.05, 3.63) is 90.3 Å². The largest absolute Gasteiger partial charge is 0.305 e. The minimum atomic E-state index is -0.0983. The molecule has 0 saturated carbocycles. The predicted molar refractivity (Wildman–Crippen MR) is 147 cm³/mol. The molecule has 7 heteroatoms. The highest BCUT2D eigenvalue weighted by Crippen LogP contribution is 2.37. The van der Waals surface area contributed by atoms with Crippen LogP contribution in [-0.2, 0) is 6.54 Å². The summed E-state index contributed by atoms with van der Waals surface area (Å²) in [5.74, 6) is 2.56. The van der Waals surface area contributed by atoms with E-state index < -0.39 is 0 Å². The molecule has 0 spiro atoms. The molecule has 0 unspecified atom stereocenters. The van der Waals surface area contributed by atoms with Gasteiger partial charge in [0.25, 0.3) is 5.91 Å². The quantitative estimate of drug-likeness (QED) is 0.366. The summed E-state index contributed by atoms with van der Waals surface area (Å²) in [7, 11) is 0. The van der Waals surface area contributed by atoms with Crippen LogP contribution in [0.4, 0.5) is 5.82 Å². The number of carbonyl (C=O) groups is 1. The molecule has 1 atom stereocenters. The lowest BCUT2D eigenvalue weighted by Crippen LogP contribution is -2.50. The first-order valence-corrected chi connectivity index (χ1v) is 12.9. The Morgan fingerprint density at radius 1 is 0.946 bits per heavy atom. The summed E-state index contributed by atoms with van der Waals surface area (Å²) in [6, 6.07) is 24.6. The zero-order chi connectivity index (χ0) is 25.5. The summed E-state index contributed by atoms with van der Waals surface area (Å²) >= 11 is 0. The van der Waals surface area contributed by atoms with E-state index in [0.717, 1.165) is 46.5 Å². The number of fused-ring (bicyclic) bond motifs is 3. The van der Waals surface area contributed by atoms with Crippen LogP contribution in [0.1, 0.15) is 36.8 Å². The van der Waals surface area contributed by atoms with Crippen molar-refractivity contribution < 1.29 is 4.79 Å². The maximum Gasteiger partial charge on any atom is 0.283 e. The van der Waals surface area contributed by atoms with Gasteiger partial charge in [-0.25, -0.2) is 9.98 Å². The first-order chi connectivity index (χ1) is 18.0. The first-order valence-electron chi connectivity index (χ1n) is 12.9. The van der Waals surface area contributed by atoms with Crippen molar-refractivity contribution in [3.8, 4) is 22.6 Å². The van der Waals surface area contributed by atoms with E-state index in [1.54, 1.807) is 4.90 Å². The summed E-state index contributed by atoms with van der Waals surface area (Å²) in [5, 5.41) is 0. The van der Waals surface area contributed by atoms with E-state index in [0.29, 0.717) is 24.7 Å². The van der Waals surface area contributed by atoms with Gasteiger partial charge in [0.15, 0.2) is 5.69 Å². The number of aromatic nitrogens is 3. The number of guanidine groups is 1. The zero-order valence-corrected chi connectivity index (χ0v) is 21.4. The van der Waals surface area contributed by atoms with Gasteiger partial charge in [0, 0.05) is 23.9 Å². The van der Waals surface area contributed by atoms with Crippen molar-refractivity contribution in [2.75, 3.05) is 18.0 Å². The van der Waals surface area contributed by atoms with Gasteiger partial charge in [0.05, 0.1) is 24.8 Å². The second-order valence-electron chi connectivity index (χ2n) is 9.88. The summed E-state index contributed by atoms with van der Waals surface area (Å²) in [5.41, 5.74) is 4.45. The van der Waals surface area contributed by atoms with Gasteiger partial charge in [-0.2, -0.15) is 0 Å². The van der Waals surface area contributed by atoms with Gasteiger partial charge < -0.3 is 4.57 Å². The Hall–Kier alpha value is -4.26. The van der Waals surface area contributed by atoms with E-state index in [1.165, 1.54) is 0 Å². The Balaban J connectivity index is 1.50. The molecule has 0 fully saturated rings. The molecule has 0 radical (unpaired) electrons. The third-order valence-electron chi connectivity index (χ3n) is 7.14. The molecule has 6 rings (SSSR count). The highest BCUT2D eigenvalue weighted by Gasteiger charge is 2.44. The van der Waals surface area contributed by atoms with E-state index in [-0.39, 0.29) is 11.9 Å². The summed E-state index contributed by atoms with van der Waals surface area (Å²) in [6.45, 7) is 8.22. The zero-order valence-electron chi connectivity index (χ0n) is 21.4. The van der Waals surface area contributed by atoms with Crippen LogP contribution in [0.2, 0.25) is 0 Å². The summed E-state index contributed by atoms with van der Waals surface area (Å²) < 4.78 is 2.16. The highest BCUT2D eigenvalue weighted by molar-refractivity contribution is 6.18. The Bertz CT molecular complexity index is 1460. The molecule has 0 aliphatic carbocycles. The number of amides is 1. The fourth-order valence-corrected chi connectivity index (χ4v) is 5.09. The topological polar surface area (TPSA) is 66.6 Å². The number of anilines is 1. The molecule has 37 heavy (non-hydrogen) atoms. The maximum absolute atomic E-state index is 13.7. The van der Waals surface area contributed by atoms with E-state index in [1.807, 2.05) is 61.7 Å². The van der Waals surface area contributed by atoms with Gasteiger partial charge in [-0.1, -0.05) is 74.5 Å². The fraction of sp³-hybridized carbons (Fsp3) is 0.267. The van der Waals surface area contributed by atoms with E-state index >= 15 is 0 Å². The number of imidazole rings is 1. The maximum atomic E-state index is 13.7. The highest BCUT2D eigenvalue weighted by atomic mass is 16.2. The normalized spacial score (nSPS) is 16.7. The minimum absolute atomic E-state index is 0.0983. The lowest BCUT2D eigenvalue weighted by atomic mass is 10.1. The van der Waals surface area contributed by atoms with Crippen LogP contribution in [0.25, 0.3) is 22.6 Å². The predicted octanol–water partition coefficient (Wildman–Crippen LogP) is 5.34. The van der Waals surface area contributed by atoms with Crippen LogP contribution in [0.15, 0.2) is 84.0 Å². The number of aliphatic imine (C=N–C) groups is 1. The van der Waals surface area contributed by atoms with E-state index in [2.05, 4.69) is 47.6 Å². The SMILES string of the molecule is CCN1C(=O)c2nc(-c3ccc(-c4ccccc4)nc3)n(Cc3ccccc3)c2N2C[C@@H](C(C)C)N=C12. The van der Waals surface area contributed by atoms with Crippen LogP contribution in [-0.4, -0.2) is 50.4 Å². The molecular formula is C30H30N6O. The molecule has 1 amide bonds. The van der Waals surface area contributed by atoms with Crippen molar-refractivity contribution >= 4 is 17.7 Å². The molecule has 2 aliphatic heterocycles. The van der Waals surface area contributed by atoms with E-state index in [9.17, 15) is 4.79 Å². The smallest absolute Gasteiger partial charge is 0.283 e. The Kier molecular flexibility index (Phi) is 5.83. The number of benzene rings is 2. The van der Waals surface area contributed by atoms with Gasteiger partial charge in [0.1, 0.15) is 11.6 Å². The third kappa shape index (κ3) is 4.00. The molecule has 2 aromatic carbocycles. The number of pyridine rings is 1. The van der Waals surface area contributed by atoms with Crippen molar-refractivity contribution in [1.29, 1.82) is 0 Å². The molecule has 4 heterocycles. The number of nitrogens with zero attached hydrogens (tertiary/aromatic N) is 6. The lowest BCUT2D eigenvalue weighted by molar-refractivity contribution is 0.0841. The first kappa shape index (κ1) is 23.2. The summed E-state index contributed by atoms with van der Waals surface area (Å²) in [6.07, 6.45) is 1.86. The molecule has 2 aromatic heterocycles. The number of hydrogen-bond acceptors (Lipinski definition) is 5. The van der Waals surface area contributed by atoms with E-state index in [4.69, 9.17) is 15.0 Å². The molecule has 4 aromatic rings.